The number of halogens is 1. The average Bonchev–Trinajstić information content (AvgIpc) is 2.27. The normalized spacial score (nSPS) is 20.7. The molecule has 1 fully saturated rings. The highest BCUT2D eigenvalue weighted by molar-refractivity contribution is 6.29. The van der Waals surface area contributed by atoms with Crippen molar-refractivity contribution in [2.75, 3.05) is 37.4 Å². The Hall–Kier alpha value is -1.11. The summed E-state index contributed by atoms with van der Waals surface area (Å²) in [4.78, 5) is 7.76. The van der Waals surface area contributed by atoms with Crippen LogP contribution in [0.25, 0.3) is 0 Å². The maximum Gasteiger partial charge on any atom is 0.223 e. The summed E-state index contributed by atoms with van der Waals surface area (Å²) in [5.41, 5.74) is 5.47. The fourth-order valence-corrected chi connectivity index (χ4v) is 1.59. The van der Waals surface area contributed by atoms with E-state index in [1.807, 2.05) is 0 Å². The number of aromatic nitrogens is 2. The molecule has 1 unspecified atom stereocenters. The first kappa shape index (κ1) is 11.4. The summed E-state index contributed by atoms with van der Waals surface area (Å²) in [5, 5.41) is 3.39. The Morgan fingerprint density at radius 3 is 3.06 bits per heavy atom. The molecule has 2 heterocycles. The van der Waals surface area contributed by atoms with Gasteiger partial charge in [0.05, 0.1) is 25.9 Å². The van der Waals surface area contributed by atoms with E-state index in [1.54, 1.807) is 6.07 Å². The lowest BCUT2D eigenvalue weighted by Crippen LogP contribution is -2.34. The summed E-state index contributed by atoms with van der Waals surface area (Å²) in [7, 11) is 0. The first-order chi connectivity index (χ1) is 7.74. The van der Waals surface area contributed by atoms with Gasteiger partial charge in [-0.25, -0.2) is 4.98 Å². The second-order valence-electron chi connectivity index (χ2n) is 3.38. The summed E-state index contributed by atoms with van der Waals surface area (Å²) < 4.78 is 10.7. The number of rotatable bonds is 3. The van der Waals surface area contributed by atoms with Crippen LogP contribution < -0.4 is 11.1 Å². The molecule has 1 aliphatic heterocycles. The van der Waals surface area contributed by atoms with Gasteiger partial charge in [0.2, 0.25) is 5.95 Å². The van der Waals surface area contributed by atoms with Gasteiger partial charge in [0, 0.05) is 12.6 Å². The summed E-state index contributed by atoms with van der Waals surface area (Å²) in [6, 6.07) is 1.61. The van der Waals surface area contributed by atoms with Gasteiger partial charge >= 0.3 is 0 Å². The molecule has 1 aromatic rings. The predicted octanol–water partition coefficient (Wildman–Crippen LogP) is 0.539. The van der Waals surface area contributed by atoms with Crippen molar-refractivity contribution in [3.05, 3.63) is 11.2 Å². The number of nitrogens with two attached hydrogens (primary N) is 1. The lowest BCUT2D eigenvalue weighted by molar-refractivity contribution is -0.0819. The lowest BCUT2D eigenvalue weighted by atomic mass is 10.3. The fourth-order valence-electron chi connectivity index (χ4n) is 1.40. The van der Waals surface area contributed by atoms with Crippen molar-refractivity contribution in [2.24, 2.45) is 0 Å². The highest BCUT2D eigenvalue weighted by atomic mass is 35.5. The Morgan fingerprint density at radius 2 is 2.38 bits per heavy atom. The van der Waals surface area contributed by atoms with Gasteiger partial charge in [-0.3, -0.25) is 0 Å². The van der Waals surface area contributed by atoms with Crippen LogP contribution in [0.3, 0.4) is 0 Å². The Morgan fingerprint density at radius 1 is 1.50 bits per heavy atom. The van der Waals surface area contributed by atoms with Gasteiger partial charge in [-0.2, -0.15) is 4.98 Å². The minimum atomic E-state index is 0.0312. The van der Waals surface area contributed by atoms with Crippen LogP contribution in [-0.4, -0.2) is 42.4 Å². The van der Waals surface area contributed by atoms with Gasteiger partial charge in [-0.05, 0) is 0 Å². The summed E-state index contributed by atoms with van der Waals surface area (Å²) in [6.07, 6.45) is 0.0312. The van der Waals surface area contributed by atoms with Gasteiger partial charge < -0.3 is 20.5 Å². The fraction of sp³-hybridized carbons (Fsp3) is 0.556. The molecule has 0 aliphatic carbocycles. The predicted molar refractivity (Wildman–Crippen MR) is 60.5 cm³/mol. The van der Waals surface area contributed by atoms with Gasteiger partial charge in [-0.15, -0.1) is 0 Å². The summed E-state index contributed by atoms with van der Waals surface area (Å²) >= 11 is 5.74. The third kappa shape index (κ3) is 3.19. The van der Waals surface area contributed by atoms with E-state index in [-0.39, 0.29) is 12.1 Å². The highest BCUT2D eigenvalue weighted by Gasteiger charge is 2.14. The zero-order valence-electron chi connectivity index (χ0n) is 8.65. The van der Waals surface area contributed by atoms with E-state index in [1.165, 1.54) is 0 Å². The van der Waals surface area contributed by atoms with Crippen LogP contribution in [0.4, 0.5) is 11.8 Å². The van der Waals surface area contributed by atoms with E-state index in [4.69, 9.17) is 26.8 Å². The van der Waals surface area contributed by atoms with Crippen molar-refractivity contribution in [2.45, 2.75) is 6.10 Å². The molecular weight excluding hydrogens is 232 g/mol. The number of hydrogen-bond acceptors (Lipinski definition) is 6. The number of nitrogen functional groups attached to an aromatic ring is 1. The molecule has 0 saturated carbocycles. The number of nitrogens with one attached hydrogen (secondary N) is 1. The highest BCUT2D eigenvalue weighted by Crippen LogP contribution is 2.12. The first-order valence-electron chi connectivity index (χ1n) is 4.97. The molecule has 3 N–H and O–H groups in total. The molecular formula is C9H13ClN4O2. The molecule has 0 spiro atoms. The molecule has 88 valence electrons. The molecule has 7 heteroatoms. The van der Waals surface area contributed by atoms with E-state index >= 15 is 0 Å². The number of hydrogen-bond donors (Lipinski definition) is 2. The van der Waals surface area contributed by atoms with Crippen LogP contribution in [0.5, 0.6) is 0 Å². The molecule has 1 aromatic heterocycles. The van der Waals surface area contributed by atoms with E-state index in [0.717, 1.165) is 0 Å². The summed E-state index contributed by atoms with van der Waals surface area (Å²) in [6.45, 7) is 2.47. The molecule has 0 amide bonds. The van der Waals surface area contributed by atoms with Crippen LogP contribution in [0.15, 0.2) is 6.07 Å². The zero-order chi connectivity index (χ0) is 11.4. The van der Waals surface area contributed by atoms with Crippen LogP contribution >= 0.6 is 11.6 Å². The quantitative estimate of drug-likeness (QED) is 0.756. The number of nitrogens with zero attached hydrogens (tertiary/aromatic N) is 2. The average molecular weight is 245 g/mol. The van der Waals surface area contributed by atoms with Crippen LogP contribution in [-0.2, 0) is 9.47 Å². The van der Waals surface area contributed by atoms with Crippen molar-refractivity contribution in [3.63, 3.8) is 0 Å². The SMILES string of the molecule is Nc1nc(Cl)cc(NCC2COCCO2)n1. The van der Waals surface area contributed by atoms with Gasteiger partial charge in [0.25, 0.3) is 0 Å². The van der Waals surface area contributed by atoms with Gasteiger partial charge in [-0.1, -0.05) is 11.6 Å². The molecule has 16 heavy (non-hydrogen) atoms. The van der Waals surface area contributed by atoms with Crippen LogP contribution in [0.1, 0.15) is 0 Å². The molecule has 0 radical (unpaired) electrons. The Kier molecular flexibility index (Phi) is 3.76. The molecule has 6 nitrogen and oxygen atoms in total. The van der Waals surface area contributed by atoms with Gasteiger partial charge in [0.15, 0.2) is 0 Å². The largest absolute Gasteiger partial charge is 0.376 e. The van der Waals surface area contributed by atoms with Crippen molar-refractivity contribution < 1.29 is 9.47 Å². The number of ether oxygens (including phenoxy) is 2. The van der Waals surface area contributed by atoms with Crippen molar-refractivity contribution in [1.82, 2.24) is 9.97 Å². The van der Waals surface area contributed by atoms with Crippen molar-refractivity contribution >= 4 is 23.4 Å². The molecule has 1 aliphatic rings. The second kappa shape index (κ2) is 5.29. The zero-order valence-corrected chi connectivity index (χ0v) is 9.41. The molecule has 1 atom stereocenters. The topological polar surface area (TPSA) is 82.3 Å². The second-order valence-corrected chi connectivity index (χ2v) is 3.77. The van der Waals surface area contributed by atoms with Crippen molar-refractivity contribution in [3.8, 4) is 0 Å². The molecule has 1 saturated heterocycles. The maximum atomic E-state index is 5.74. The van der Waals surface area contributed by atoms with E-state index in [0.29, 0.717) is 37.3 Å². The Balaban J connectivity index is 1.88. The summed E-state index contributed by atoms with van der Waals surface area (Å²) in [5.74, 6) is 0.738. The third-order valence-electron chi connectivity index (χ3n) is 2.11. The third-order valence-corrected chi connectivity index (χ3v) is 2.30. The maximum absolute atomic E-state index is 5.74. The van der Waals surface area contributed by atoms with E-state index < -0.39 is 0 Å². The standard InChI is InChI=1S/C9H13ClN4O2/c10-7-3-8(14-9(11)13-7)12-4-6-5-15-1-2-16-6/h3,6H,1-2,4-5H2,(H3,11,12,13,14). The minimum absolute atomic E-state index is 0.0312. The van der Waals surface area contributed by atoms with Crippen molar-refractivity contribution in [1.29, 1.82) is 0 Å². The first-order valence-corrected chi connectivity index (χ1v) is 5.35. The number of anilines is 2. The smallest absolute Gasteiger partial charge is 0.223 e. The molecule has 2 rings (SSSR count). The van der Waals surface area contributed by atoms with Gasteiger partial charge in [0.1, 0.15) is 11.0 Å². The minimum Gasteiger partial charge on any atom is -0.376 e. The van der Waals surface area contributed by atoms with Crippen LogP contribution in [0, 0.1) is 0 Å². The Labute approximate surface area is 98.1 Å². The van der Waals surface area contributed by atoms with Crippen LogP contribution in [0.2, 0.25) is 5.15 Å². The van der Waals surface area contributed by atoms with E-state index in [2.05, 4.69) is 15.3 Å². The molecule has 0 bridgehead atoms. The molecule has 0 aromatic carbocycles. The monoisotopic (exact) mass is 244 g/mol. The van der Waals surface area contributed by atoms with E-state index in [9.17, 15) is 0 Å². The lowest BCUT2D eigenvalue weighted by Gasteiger charge is -2.23. The Bertz CT molecular complexity index is 337.